The van der Waals surface area contributed by atoms with Gasteiger partial charge in [0.15, 0.2) is 0 Å². The van der Waals surface area contributed by atoms with Crippen LogP contribution in [0, 0.1) is 0 Å². The zero-order valence-corrected chi connectivity index (χ0v) is 15.4. The Balaban J connectivity index is 3.77. The summed E-state index contributed by atoms with van der Waals surface area (Å²) in [5.74, 6) is 0. The molecule has 0 amide bonds. The van der Waals surface area contributed by atoms with E-state index in [0.29, 0.717) is 0 Å². The van der Waals surface area contributed by atoms with E-state index in [1.54, 1.807) is 6.08 Å². The van der Waals surface area contributed by atoms with Crippen LogP contribution in [-0.2, 0) is 0 Å². The highest BCUT2D eigenvalue weighted by atomic mass is 16.3. The van der Waals surface area contributed by atoms with Crippen LogP contribution in [-0.4, -0.2) is 29.0 Å². The van der Waals surface area contributed by atoms with Crippen molar-refractivity contribution >= 4 is 0 Å². The van der Waals surface area contributed by atoms with E-state index in [-0.39, 0.29) is 6.61 Å². The van der Waals surface area contributed by atoms with E-state index in [4.69, 9.17) is 10.6 Å². The SMILES string of the molecule is CCCCCCCCC/C(C)=C/CC/C=C/[C@@H](O)[C@H](CO)N=[N+]=[N-]. The number of rotatable bonds is 15. The lowest BCUT2D eigenvalue weighted by molar-refractivity contribution is 0.144. The van der Waals surface area contributed by atoms with Crippen LogP contribution in [0.15, 0.2) is 28.9 Å². The van der Waals surface area contributed by atoms with Crippen LogP contribution in [0.25, 0.3) is 10.4 Å². The first-order chi connectivity index (χ1) is 11.7. The fraction of sp³-hybridized carbons (Fsp3) is 0.789. The van der Waals surface area contributed by atoms with Crippen molar-refractivity contribution < 1.29 is 10.2 Å². The fourth-order valence-corrected chi connectivity index (χ4v) is 2.53. The zero-order valence-electron chi connectivity index (χ0n) is 15.4. The van der Waals surface area contributed by atoms with E-state index in [1.165, 1.54) is 56.9 Å². The van der Waals surface area contributed by atoms with Crippen molar-refractivity contribution in [1.29, 1.82) is 0 Å². The standard InChI is InChI=1S/C19H35N3O2/c1-3-4-5-6-7-8-10-13-17(2)14-11-9-12-15-19(24)18(16-23)21-22-20/h12,14-15,18-19,23-24H,3-11,13,16H2,1-2H3/b15-12+,17-14+/t18-,19+/m0/s1. The zero-order chi connectivity index (χ0) is 18.0. The van der Waals surface area contributed by atoms with Crippen LogP contribution in [0.3, 0.4) is 0 Å². The Morgan fingerprint density at radius 2 is 1.79 bits per heavy atom. The molecule has 5 heteroatoms. The molecule has 0 aliphatic heterocycles. The van der Waals surface area contributed by atoms with Crippen molar-refractivity contribution in [1.82, 2.24) is 0 Å². The molecule has 0 spiro atoms. The van der Waals surface area contributed by atoms with Gasteiger partial charge in [-0.1, -0.05) is 74.4 Å². The summed E-state index contributed by atoms with van der Waals surface area (Å²) in [4.78, 5) is 2.61. The minimum atomic E-state index is -0.927. The summed E-state index contributed by atoms with van der Waals surface area (Å²) in [7, 11) is 0. The van der Waals surface area contributed by atoms with E-state index in [2.05, 4.69) is 29.9 Å². The second kappa shape index (κ2) is 16.6. The minimum Gasteiger partial charge on any atom is -0.396 e. The van der Waals surface area contributed by atoms with Gasteiger partial charge in [-0.2, -0.15) is 0 Å². The lowest BCUT2D eigenvalue weighted by atomic mass is 10.0. The highest BCUT2D eigenvalue weighted by Crippen LogP contribution is 2.13. The van der Waals surface area contributed by atoms with E-state index >= 15 is 0 Å². The highest BCUT2D eigenvalue weighted by molar-refractivity contribution is 5.00. The molecule has 2 atom stereocenters. The average Bonchev–Trinajstić information content (AvgIpc) is 2.58. The second-order valence-corrected chi connectivity index (χ2v) is 6.37. The molecule has 2 N–H and O–H groups in total. The van der Waals surface area contributed by atoms with Gasteiger partial charge in [0.1, 0.15) is 0 Å². The first-order valence-electron chi connectivity index (χ1n) is 9.31. The van der Waals surface area contributed by atoms with Crippen molar-refractivity contribution in [2.75, 3.05) is 6.61 Å². The Morgan fingerprint density at radius 3 is 2.42 bits per heavy atom. The molecule has 0 rings (SSSR count). The molecule has 0 saturated carbocycles. The van der Waals surface area contributed by atoms with Gasteiger partial charge in [0.2, 0.25) is 0 Å². The predicted octanol–water partition coefficient (Wildman–Crippen LogP) is 5.44. The van der Waals surface area contributed by atoms with Crippen molar-refractivity contribution in [2.24, 2.45) is 5.11 Å². The lowest BCUT2D eigenvalue weighted by Gasteiger charge is -2.11. The van der Waals surface area contributed by atoms with Crippen LogP contribution in [0.4, 0.5) is 0 Å². The molecule has 0 aliphatic carbocycles. The maximum absolute atomic E-state index is 9.74. The summed E-state index contributed by atoms with van der Waals surface area (Å²) >= 11 is 0. The average molecular weight is 338 g/mol. The largest absolute Gasteiger partial charge is 0.396 e. The number of nitrogens with zero attached hydrogens (tertiary/aromatic N) is 3. The van der Waals surface area contributed by atoms with Gasteiger partial charge in [-0.05, 0) is 38.1 Å². The van der Waals surface area contributed by atoms with Crippen LogP contribution < -0.4 is 0 Å². The smallest absolute Gasteiger partial charge is 0.0900 e. The van der Waals surface area contributed by atoms with Gasteiger partial charge in [0.25, 0.3) is 0 Å². The number of unbranched alkanes of at least 4 members (excludes halogenated alkanes) is 7. The van der Waals surface area contributed by atoms with E-state index in [9.17, 15) is 5.11 Å². The normalized spacial score (nSPS) is 14.6. The van der Waals surface area contributed by atoms with E-state index in [0.717, 1.165) is 12.8 Å². The first kappa shape index (κ1) is 22.7. The minimum absolute atomic E-state index is 0.354. The Morgan fingerprint density at radius 1 is 1.12 bits per heavy atom. The summed E-state index contributed by atoms with van der Waals surface area (Å²) in [5.41, 5.74) is 9.76. The van der Waals surface area contributed by atoms with Crippen LogP contribution in [0.1, 0.15) is 78.1 Å². The van der Waals surface area contributed by atoms with Crippen LogP contribution in [0.2, 0.25) is 0 Å². The van der Waals surface area contributed by atoms with Gasteiger partial charge < -0.3 is 10.2 Å². The Hall–Kier alpha value is -1.29. The molecule has 24 heavy (non-hydrogen) atoms. The maximum atomic E-state index is 9.74. The topological polar surface area (TPSA) is 89.2 Å². The second-order valence-electron chi connectivity index (χ2n) is 6.37. The molecule has 0 saturated heterocycles. The van der Waals surface area contributed by atoms with Crippen LogP contribution >= 0.6 is 0 Å². The molecule has 0 fully saturated rings. The summed E-state index contributed by atoms with van der Waals surface area (Å²) < 4.78 is 0. The third kappa shape index (κ3) is 13.2. The fourth-order valence-electron chi connectivity index (χ4n) is 2.53. The Labute approximate surface area is 147 Å². The van der Waals surface area contributed by atoms with Gasteiger partial charge in [-0.3, -0.25) is 0 Å². The van der Waals surface area contributed by atoms with Gasteiger partial charge in [0.05, 0.1) is 18.8 Å². The van der Waals surface area contributed by atoms with Crippen LogP contribution in [0.5, 0.6) is 0 Å². The Kier molecular flexibility index (Phi) is 15.7. The summed E-state index contributed by atoms with van der Waals surface area (Å²) in [6.07, 6.45) is 17.1. The summed E-state index contributed by atoms with van der Waals surface area (Å²) in [6.45, 7) is 4.07. The summed E-state index contributed by atoms with van der Waals surface area (Å²) in [5, 5.41) is 22.1. The molecule has 0 unspecified atom stereocenters. The lowest BCUT2D eigenvalue weighted by Crippen LogP contribution is -2.25. The molecule has 0 aromatic carbocycles. The monoisotopic (exact) mass is 337 g/mol. The quantitative estimate of drug-likeness (QED) is 0.137. The summed E-state index contributed by atoms with van der Waals surface area (Å²) in [6, 6.07) is -0.805. The third-order valence-corrected chi connectivity index (χ3v) is 4.12. The molecule has 0 aromatic heterocycles. The highest BCUT2D eigenvalue weighted by Gasteiger charge is 2.12. The molecule has 138 valence electrons. The van der Waals surface area contributed by atoms with Crippen molar-refractivity contribution in [3.8, 4) is 0 Å². The number of aliphatic hydroxyl groups is 2. The predicted molar refractivity (Wildman–Crippen MR) is 101 cm³/mol. The number of hydrogen-bond acceptors (Lipinski definition) is 3. The third-order valence-electron chi connectivity index (χ3n) is 4.12. The Bertz CT molecular complexity index is 401. The molecule has 0 heterocycles. The number of aliphatic hydroxyl groups excluding tert-OH is 2. The molecular formula is C19H35N3O2. The molecule has 5 nitrogen and oxygen atoms in total. The molecule has 0 aliphatic rings. The van der Waals surface area contributed by atoms with E-state index < -0.39 is 12.1 Å². The first-order valence-corrected chi connectivity index (χ1v) is 9.31. The maximum Gasteiger partial charge on any atom is 0.0900 e. The van der Waals surface area contributed by atoms with Gasteiger partial charge in [0, 0.05) is 4.91 Å². The van der Waals surface area contributed by atoms with E-state index in [1.807, 2.05) is 6.08 Å². The molecular weight excluding hydrogens is 302 g/mol. The number of hydrogen-bond donors (Lipinski definition) is 2. The van der Waals surface area contributed by atoms with Gasteiger partial charge in [-0.15, -0.1) is 0 Å². The molecule has 0 aromatic rings. The number of allylic oxidation sites excluding steroid dienone is 3. The van der Waals surface area contributed by atoms with Gasteiger partial charge in [-0.25, -0.2) is 0 Å². The molecule has 0 bridgehead atoms. The molecule has 0 radical (unpaired) electrons. The van der Waals surface area contributed by atoms with Gasteiger partial charge >= 0.3 is 0 Å². The van der Waals surface area contributed by atoms with Crippen molar-refractivity contribution in [3.05, 3.63) is 34.2 Å². The van der Waals surface area contributed by atoms with Crippen molar-refractivity contribution in [3.63, 3.8) is 0 Å². The number of azide groups is 1. The van der Waals surface area contributed by atoms with Crippen molar-refractivity contribution in [2.45, 2.75) is 90.2 Å².